The average molecular weight is 356 g/mol. The molecule has 0 aliphatic heterocycles. The van der Waals surface area contributed by atoms with Crippen LogP contribution >= 0.6 is 0 Å². The number of fused-ring (bicyclic) bond motifs is 1. The number of rotatable bonds is 5. The number of para-hydroxylation sites is 1. The van der Waals surface area contributed by atoms with E-state index >= 15 is 0 Å². The molecule has 2 heterocycles. The number of methoxy groups -OCH3 is 1. The van der Waals surface area contributed by atoms with Crippen molar-refractivity contribution in [1.29, 1.82) is 0 Å². The van der Waals surface area contributed by atoms with Gasteiger partial charge in [-0.2, -0.15) is 0 Å². The van der Waals surface area contributed by atoms with E-state index in [2.05, 4.69) is 11.1 Å². The Morgan fingerprint density at radius 3 is 2.63 bits per heavy atom. The fourth-order valence-electron chi connectivity index (χ4n) is 3.37. The van der Waals surface area contributed by atoms with Gasteiger partial charge in [0.15, 0.2) is 0 Å². The molecule has 0 radical (unpaired) electrons. The van der Waals surface area contributed by atoms with Gasteiger partial charge < -0.3 is 9.30 Å². The zero-order valence-electron chi connectivity index (χ0n) is 15.1. The topological polar surface area (TPSA) is 44.1 Å². The normalized spacial score (nSPS) is 10.9. The third-order valence-corrected chi connectivity index (χ3v) is 4.72. The maximum Gasteiger partial charge on any atom is 0.251 e. The van der Waals surface area contributed by atoms with Gasteiger partial charge >= 0.3 is 0 Å². The van der Waals surface area contributed by atoms with Gasteiger partial charge in [-0.25, -0.2) is 0 Å². The number of hydrogen-bond donors (Lipinski definition) is 0. The van der Waals surface area contributed by atoms with Crippen LogP contribution in [0.2, 0.25) is 0 Å². The van der Waals surface area contributed by atoms with Crippen molar-refractivity contribution in [2.45, 2.75) is 13.0 Å². The lowest BCUT2D eigenvalue weighted by Gasteiger charge is -2.14. The Kier molecular flexibility index (Phi) is 4.71. The first kappa shape index (κ1) is 17.0. The maximum absolute atomic E-state index is 12.9. The van der Waals surface area contributed by atoms with E-state index in [1.165, 1.54) is 0 Å². The van der Waals surface area contributed by atoms with E-state index in [0.717, 1.165) is 33.5 Å². The molecule has 0 amide bonds. The highest BCUT2D eigenvalue weighted by atomic mass is 16.5. The summed E-state index contributed by atoms with van der Waals surface area (Å²) < 4.78 is 7.17. The minimum Gasteiger partial charge on any atom is -0.497 e. The predicted octanol–water partition coefficient (Wildman–Crippen LogP) is 4.31. The summed E-state index contributed by atoms with van der Waals surface area (Å²) in [5.41, 5.74) is 3.79. The number of pyridine rings is 2. The minimum absolute atomic E-state index is 0.0116. The second-order valence-electron chi connectivity index (χ2n) is 6.37. The number of aromatic nitrogens is 2. The van der Waals surface area contributed by atoms with Gasteiger partial charge in [-0.15, -0.1) is 0 Å². The first-order valence-electron chi connectivity index (χ1n) is 8.93. The van der Waals surface area contributed by atoms with E-state index in [1.807, 2.05) is 65.2 Å². The minimum atomic E-state index is -0.0116. The Labute approximate surface area is 157 Å². The smallest absolute Gasteiger partial charge is 0.251 e. The monoisotopic (exact) mass is 356 g/mol. The van der Waals surface area contributed by atoms with Crippen LogP contribution in [-0.4, -0.2) is 16.7 Å². The molecular weight excluding hydrogens is 336 g/mol. The summed E-state index contributed by atoms with van der Waals surface area (Å²) in [5, 5.41) is 1.05. The standard InChI is InChI=1S/C23H20N2O2/c1-27-19-9-6-7-17(15-19)21-16-23(26)25(22-11-3-2-10-20(21)22)14-12-18-8-4-5-13-24-18/h2-11,13,15-16H,12,14H2,1H3. The van der Waals surface area contributed by atoms with E-state index in [1.54, 1.807) is 19.4 Å². The highest BCUT2D eigenvalue weighted by Gasteiger charge is 2.11. The lowest BCUT2D eigenvalue weighted by molar-refractivity contribution is 0.415. The maximum atomic E-state index is 12.9. The van der Waals surface area contributed by atoms with Gasteiger partial charge in [0.2, 0.25) is 0 Å². The van der Waals surface area contributed by atoms with Crippen LogP contribution < -0.4 is 10.3 Å². The van der Waals surface area contributed by atoms with E-state index in [0.29, 0.717) is 13.0 Å². The SMILES string of the molecule is COc1cccc(-c2cc(=O)n(CCc3ccccn3)c3ccccc23)c1. The van der Waals surface area contributed by atoms with Crippen molar-refractivity contribution in [3.63, 3.8) is 0 Å². The molecule has 0 atom stereocenters. The second-order valence-corrected chi connectivity index (χ2v) is 6.37. The molecule has 4 rings (SSSR count). The third kappa shape index (κ3) is 3.47. The molecule has 4 heteroatoms. The third-order valence-electron chi connectivity index (χ3n) is 4.72. The summed E-state index contributed by atoms with van der Waals surface area (Å²) in [6.45, 7) is 0.592. The molecule has 0 fully saturated rings. The molecule has 0 N–H and O–H groups in total. The molecule has 0 unspecified atom stereocenters. The van der Waals surface area contributed by atoms with Gasteiger partial charge in [0.05, 0.1) is 12.6 Å². The summed E-state index contributed by atoms with van der Waals surface area (Å²) in [7, 11) is 1.65. The van der Waals surface area contributed by atoms with Crippen LogP contribution in [0.3, 0.4) is 0 Å². The van der Waals surface area contributed by atoms with Gasteiger partial charge in [-0.1, -0.05) is 36.4 Å². The van der Waals surface area contributed by atoms with Crippen LogP contribution in [0.25, 0.3) is 22.0 Å². The van der Waals surface area contributed by atoms with E-state index < -0.39 is 0 Å². The van der Waals surface area contributed by atoms with Crippen molar-refractivity contribution in [2.75, 3.05) is 7.11 Å². The van der Waals surface area contributed by atoms with Crippen LogP contribution in [0.5, 0.6) is 5.75 Å². The highest BCUT2D eigenvalue weighted by Crippen LogP contribution is 2.29. The fourth-order valence-corrected chi connectivity index (χ4v) is 3.37. The number of benzene rings is 2. The van der Waals surface area contributed by atoms with Gasteiger partial charge in [0.1, 0.15) is 5.75 Å². The van der Waals surface area contributed by atoms with Crippen molar-refractivity contribution >= 4 is 10.9 Å². The molecular formula is C23H20N2O2. The lowest BCUT2D eigenvalue weighted by Crippen LogP contribution is -2.21. The van der Waals surface area contributed by atoms with Gasteiger partial charge in [0, 0.05) is 36.3 Å². The molecule has 2 aromatic heterocycles. The first-order valence-corrected chi connectivity index (χ1v) is 8.93. The fraction of sp³-hybridized carbons (Fsp3) is 0.130. The van der Waals surface area contributed by atoms with Crippen molar-refractivity contribution in [2.24, 2.45) is 0 Å². The van der Waals surface area contributed by atoms with Crippen LogP contribution in [-0.2, 0) is 13.0 Å². The Bertz CT molecular complexity index is 1130. The molecule has 0 saturated carbocycles. The largest absolute Gasteiger partial charge is 0.497 e. The quantitative estimate of drug-likeness (QED) is 0.535. The Hall–Kier alpha value is -3.40. The molecule has 0 saturated heterocycles. The van der Waals surface area contributed by atoms with Gasteiger partial charge in [-0.3, -0.25) is 9.78 Å². The highest BCUT2D eigenvalue weighted by molar-refractivity contribution is 5.94. The van der Waals surface area contributed by atoms with Gasteiger partial charge in [-0.05, 0) is 41.5 Å². The Morgan fingerprint density at radius 1 is 0.963 bits per heavy atom. The molecule has 4 nitrogen and oxygen atoms in total. The number of ether oxygens (including phenoxy) is 1. The molecule has 2 aromatic carbocycles. The van der Waals surface area contributed by atoms with Crippen molar-refractivity contribution < 1.29 is 4.74 Å². The Balaban J connectivity index is 1.81. The number of hydrogen-bond acceptors (Lipinski definition) is 3. The van der Waals surface area contributed by atoms with Crippen molar-refractivity contribution in [1.82, 2.24) is 9.55 Å². The summed E-state index contributed by atoms with van der Waals surface area (Å²) in [4.78, 5) is 17.3. The zero-order chi connectivity index (χ0) is 18.6. The molecule has 134 valence electrons. The van der Waals surface area contributed by atoms with E-state index in [-0.39, 0.29) is 5.56 Å². The molecule has 4 aromatic rings. The Morgan fingerprint density at radius 2 is 1.81 bits per heavy atom. The molecule has 0 aliphatic carbocycles. The predicted molar refractivity (Wildman–Crippen MR) is 108 cm³/mol. The number of aryl methyl sites for hydroxylation is 2. The summed E-state index contributed by atoms with van der Waals surface area (Å²) in [5.74, 6) is 0.774. The molecule has 0 aliphatic rings. The van der Waals surface area contributed by atoms with Crippen LogP contribution in [0, 0.1) is 0 Å². The van der Waals surface area contributed by atoms with Crippen molar-refractivity contribution in [3.8, 4) is 16.9 Å². The lowest BCUT2D eigenvalue weighted by atomic mass is 10.0. The summed E-state index contributed by atoms with van der Waals surface area (Å²) in [6, 6.07) is 23.4. The van der Waals surface area contributed by atoms with Crippen LogP contribution in [0.15, 0.2) is 83.8 Å². The molecule has 27 heavy (non-hydrogen) atoms. The van der Waals surface area contributed by atoms with Crippen LogP contribution in [0.1, 0.15) is 5.69 Å². The zero-order valence-corrected chi connectivity index (χ0v) is 15.1. The summed E-state index contributed by atoms with van der Waals surface area (Å²) >= 11 is 0. The van der Waals surface area contributed by atoms with Crippen molar-refractivity contribution in [3.05, 3.63) is 95.0 Å². The van der Waals surface area contributed by atoms with E-state index in [4.69, 9.17) is 4.74 Å². The summed E-state index contributed by atoms with van der Waals surface area (Å²) in [6.07, 6.45) is 2.49. The van der Waals surface area contributed by atoms with Gasteiger partial charge in [0.25, 0.3) is 5.56 Å². The van der Waals surface area contributed by atoms with E-state index in [9.17, 15) is 4.79 Å². The second kappa shape index (κ2) is 7.46. The first-order chi connectivity index (χ1) is 13.3. The van der Waals surface area contributed by atoms with Crippen LogP contribution in [0.4, 0.5) is 0 Å². The molecule has 0 spiro atoms. The number of nitrogens with zero attached hydrogens (tertiary/aromatic N) is 2. The molecule has 0 bridgehead atoms. The average Bonchev–Trinajstić information content (AvgIpc) is 2.73.